The number of carbonyl (C=O) groups is 1. The van der Waals surface area contributed by atoms with Crippen LogP contribution < -0.4 is 10.1 Å². The van der Waals surface area contributed by atoms with E-state index in [0.29, 0.717) is 28.9 Å². The Morgan fingerprint density at radius 3 is 3.17 bits per heavy atom. The number of halogens is 1. The highest BCUT2D eigenvalue weighted by atomic mass is 35.5. The molecule has 3 rings (SSSR count). The van der Waals surface area contributed by atoms with Crippen LogP contribution in [0.5, 0.6) is 5.75 Å². The first-order valence-corrected chi connectivity index (χ1v) is 8.73. The highest BCUT2D eigenvalue weighted by molar-refractivity contribution is 6.35. The lowest BCUT2D eigenvalue weighted by molar-refractivity contribution is -0.123. The van der Waals surface area contributed by atoms with Gasteiger partial charge in [0.1, 0.15) is 11.3 Å². The van der Waals surface area contributed by atoms with Crippen LogP contribution in [0.1, 0.15) is 19.8 Å². The van der Waals surface area contributed by atoms with E-state index < -0.39 is 0 Å². The number of amides is 1. The smallest absolute Gasteiger partial charge is 0.257 e. The summed E-state index contributed by atoms with van der Waals surface area (Å²) in [4.78, 5) is 18.8. The number of benzene rings is 1. The molecule has 1 atom stereocenters. The van der Waals surface area contributed by atoms with Crippen molar-refractivity contribution in [3.63, 3.8) is 0 Å². The summed E-state index contributed by atoms with van der Waals surface area (Å²) in [6.07, 6.45) is 4.03. The van der Waals surface area contributed by atoms with Crippen molar-refractivity contribution in [2.75, 3.05) is 26.2 Å². The van der Waals surface area contributed by atoms with Gasteiger partial charge in [0.25, 0.3) is 5.91 Å². The maximum absolute atomic E-state index is 12.1. The second-order valence-corrected chi connectivity index (χ2v) is 6.37. The van der Waals surface area contributed by atoms with Crippen molar-refractivity contribution in [2.45, 2.75) is 25.8 Å². The van der Waals surface area contributed by atoms with Crippen LogP contribution in [0.25, 0.3) is 10.9 Å². The van der Waals surface area contributed by atoms with Gasteiger partial charge >= 0.3 is 0 Å². The highest BCUT2D eigenvalue weighted by Crippen LogP contribution is 2.29. The SMILES string of the molecule is CCN1CCC[C@H]1CNC(=O)COc1ccc(Cl)c2cccnc12. The lowest BCUT2D eigenvalue weighted by atomic mass is 10.2. The maximum Gasteiger partial charge on any atom is 0.257 e. The molecule has 2 heterocycles. The number of hydrogen-bond donors (Lipinski definition) is 1. The summed E-state index contributed by atoms with van der Waals surface area (Å²) in [5.41, 5.74) is 0.672. The summed E-state index contributed by atoms with van der Waals surface area (Å²) < 4.78 is 5.66. The number of carbonyl (C=O) groups excluding carboxylic acids is 1. The minimum absolute atomic E-state index is 0.0217. The maximum atomic E-state index is 12.1. The van der Waals surface area contributed by atoms with Gasteiger partial charge in [-0.15, -0.1) is 0 Å². The van der Waals surface area contributed by atoms with Gasteiger partial charge in [-0.2, -0.15) is 0 Å². The zero-order chi connectivity index (χ0) is 16.9. The minimum Gasteiger partial charge on any atom is -0.481 e. The van der Waals surface area contributed by atoms with Crippen LogP contribution in [0, 0.1) is 0 Å². The summed E-state index contributed by atoms with van der Waals surface area (Å²) >= 11 is 6.16. The van der Waals surface area contributed by atoms with Crippen molar-refractivity contribution in [1.82, 2.24) is 15.2 Å². The molecule has 1 aliphatic rings. The Hall–Kier alpha value is -1.85. The molecule has 0 bridgehead atoms. The largest absolute Gasteiger partial charge is 0.481 e. The quantitative estimate of drug-likeness (QED) is 0.873. The standard InChI is InChI=1S/C18H22ClN3O2/c1-2-22-10-4-5-13(22)11-21-17(23)12-24-16-8-7-15(19)14-6-3-9-20-18(14)16/h3,6-9,13H,2,4-5,10-12H2,1H3,(H,21,23)/t13-/m0/s1. The van der Waals surface area contributed by atoms with Crippen molar-refractivity contribution in [2.24, 2.45) is 0 Å². The second-order valence-electron chi connectivity index (χ2n) is 5.96. The van der Waals surface area contributed by atoms with E-state index >= 15 is 0 Å². The van der Waals surface area contributed by atoms with Crippen LogP contribution in [0.2, 0.25) is 5.02 Å². The first-order chi connectivity index (χ1) is 11.7. The highest BCUT2D eigenvalue weighted by Gasteiger charge is 2.23. The summed E-state index contributed by atoms with van der Waals surface area (Å²) in [7, 11) is 0. The van der Waals surface area contributed by atoms with E-state index in [4.69, 9.17) is 16.3 Å². The van der Waals surface area contributed by atoms with E-state index in [0.717, 1.165) is 24.9 Å². The fourth-order valence-corrected chi connectivity index (χ4v) is 3.41. The third kappa shape index (κ3) is 3.79. The number of rotatable bonds is 6. The van der Waals surface area contributed by atoms with Gasteiger partial charge in [-0.3, -0.25) is 14.7 Å². The van der Waals surface area contributed by atoms with Crippen LogP contribution >= 0.6 is 11.6 Å². The third-order valence-electron chi connectivity index (χ3n) is 4.48. The van der Waals surface area contributed by atoms with Crippen LogP contribution in [0.3, 0.4) is 0 Å². The Morgan fingerprint density at radius 1 is 1.46 bits per heavy atom. The predicted molar refractivity (Wildman–Crippen MR) is 95.5 cm³/mol. The molecule has 1 amide bonds. The Kier molecular flexibility index (Phi) is 5.53. The van der Waals surface area contributed by atoms with Gasteiger partial charge in [0.2, 0.25) is 0 Å². The second kappa shape index (κ2) is 7.81. The Balaban J connectivity index is 1.56. The topological polar surface area (TPSA) is 54.5 Å². The molecule has 1 aromatic heterocycles. The van der Waals surface area contributed by atoms with Crippen LogP contribution in [0.15, 0.2) is 30.5 Å². The molecule has 0 aliphatic carbocycles. The Morgan fingerprint density at radius 2 is 2.33 bits per heavy atom. The minimum atomic E-state index is -0.114. The molecule has 0 unspecified atom stereocenters. The summed E-state index contributed by atoms with van der Waals surface area (Å²) in [5, 5.41) is 4.41. The molecule has 0 radical (unpaired) electrons. The lowest BCUT2D eigenvalue weighted by Crippen LogP contribution is -2.41. The Labute approximate surface area is 146 Å². The van der Waals surface area contributed by atoms with Gasteiger partial charge in [0.15, 0.2) is 6.61 Å². The van der Waals surface area contributed by atoms with E-state index in [9.17, 15) is 4.79 Å². The van der Waals surface area contributed by atoms with Crippen molar-refractivity contribution >= 4 is 28.4 Å². The van der Waals surface area contributed by atoms with Crippen LogP contribution in [-0.2, 0) is 4.79 Å². The van der Waals surface area contributed by atoms with Gasteiger partial charge in [-0.05, 0) is 50.2 Å². The van der Waals surface area contributed by atoms with E-state index in [1.54, 1.807) is 18.3 Å². The molecule has 24 heavy (non-hydrogen) atoms. The molecule has 1 aromatic carbocycles. The zero-order valence-corrected chi connectivity index (χ0v) is 14.6. The molecule has 5 nitrogen and oxygen atoms in total. The average Bonchev–Trinajstić information content (AvgIpc) is 3.07. The van der Waals surface area contributed by atoms with Gasteiger partial charge in [0, 0.05) is 24.2 Å². The summed E-state index contributed by atoms with van der Waals surface area (Å²) in [6, 6.07) is 7.66. The predicted octanol–water partition coefficient (Wildman–Crippen LogP) is 2.87. The van der Waals surface area contributed by atoms with Gasteiger partial charge in [-0.1, -0.05) is 18.5 Å². The van der Waals surface area contributed by atoms with Crippen molar-refractivity contribution in [3.05, 3.63) is 35.5 Å². The number of nitrogens with one attached hydrogen (secondary N) is 1. The average molecular weight is 348 g/mol. The van der Waals surface area contributed by atoms with Crippen LogP contribution in [0.4, 0.5) is 0 Å². The number of nitrogens with zero attached hydrogens (tertiary/aromatic N) is 2. The number of hydrogen-bond acceptors (Lipinski definition) is 4. The van der Waals surface area contributed by atoms with Gasteiger partial charge in [-0.25, -0.2) is 0 Å². The number of fused-ring (bicyclic) bond motifs is 1. The first kappa shape index (κ1) is 17.0. The van der Waals surface area contributed by atoms with E-state index in [-0.39, 0.29) is 12.5 Å². The first-order valence-electron chi connectivity index (χ1n) is 8.36. The fourth-order valence-electron chi connectivity index (χ4n) is 3.20. The van der Waals surface area contributed by atoms with Gasteiger partial charge in [0.05, 0.1) is 5.02 Å². The number of aromatic nitrogens is 1. The van der Waals surface area contributed by atoms with Crippen molar-refractivity contribution in [3.8, 4) is 5.75 Å². The number of ether oxygens (including phenoxy) is 1. The molecular formula is C18H22ClN3O2. The molecule has 1 aliphatic heterocycles. The molecule has 1 N–H and O–H groups in total. The number of likely N-dealkylation sites (N-methyl/N-ethyl adjacent to an activating group) is 1. The van der Waals surface area contributed by atoms with Crippen molar-refractivity contribution in [1.29, 1.82) is 0 Å². The molecule has 1 saturated heterocycles. The van der Waals surface area contributed by atoms with Gasteiger partial charge < -0.3 is 10.1 Å². The van der Waals surface area contributed by atoms with E-state index in [2.05, 4.69) is 22.1 Å². The normalized spacial score (nSPS) is 18.0. The fraction of sp³-hybridized carbons (Fsp3) is 0.444. The zero-order valence-electron chi connectivity index (χ0n) is 13.8. The molecular weight excluding hydrogens is 326 g/mol. The molecule has 0 saturated carbocycles. The molecule has 0 spiro atoms. The number of pyridine rings is 1. The molecule has 1 fully saturated rings. The van der Waals surface area contributed by atoms with Crippen molar-refractivity contribution < 1.29 is 9.53 Å². The lowest BCUT2D eigenvalue weighted by Gasteiger charge is -2.22. The third-order valence-corrected chi connectivity index (χ3v) is 4.81. The molecule has 128 valence electrons. The summed E-state index contributed by atoms with van der Waals surface area (Å²) in [6.45, 7) is 4.96. The molecule has 6 heteroatoms. The molecule has 2 aromatic rings. The van der Waals surface area contributed by atoms with E-state index in [1.165, 1.54) is 6.42 Å². The van der Waals surface area contributed by atoms with E-state index in [1.807, 2.05) is 12.1 Å². The number of likely N-dealkylation sites (tertiary alicyclic amines) is 1. The monoisotopic (exact) mass is 347 g/mol. The summed E-state index contributed by atoms with van der Waals surface area (Å²) in [5.74, 6) is 0.457. The Bertz CT molecular complexity index is 722. The van der Waals surface area contributed by atoms with Crippen LogP contribution in [-0.4, -0.2) is 48.1 Å².